The summed E-state index contributed by atoms with van der Waals surface area (Å²) in [5, 5.41) is 0. The summed E-state index contributed by atoms with van der Waals surface area (Å²) in [5.41, 5.74) is 5.90. The van der Waals surface area contributed by atoms with Gasteiger partial charge in [0.1, 0.15) is 5.82 Å². The van der Waals surface area contributed by atoms with E-state index >= 15 is 0 Å². The highest BCUT2D eigenvalue weighted by Gasteiger charge is 2.44. The van der Waals surface area contributed by atoms with Crippen molar-refractivity contribution in [2.24, 2.45) is 0 Å². The van der Waals surface area contributed by atoms with Crippen LogP contribution in [-0.2, 0) is 5.41 Å². The Morgan fingerprint density at radius 1 is 0.829 bits per heavy atom. The van der Waals surface area contributed by atoms with Crippen LogP contribution in [0.1, 0.15) is 78.3 Å². The van der Waals surface area contributed by atoms with Gasteiger partial charge in [-0.3, -0.25) is 9.69 Å². The standard InChI is InChI=1S/C36H42N4O/c1-26-10-6-7-13-32(26)35(41)38-21-18-36(19-22-38,28-11-4-3-5-12-28)20-23-39-29-16-17-30(39)25-31(24-29)40-27(2)37-33-14-8-9-15-34(33)40/h3-15,29-31H,16-25H2,1-2H3/t29-,30+,31?. The number of hydrogen-bond acceptors (Lipinski definition) is 3. The topological polar surface area (TPSA) is 41.4 Å². The second-order valence-corrected chi connectivity index (χ2v) is 12.8. The van der Waals surface area contributed by atoms with Gasteiger partial charge in [0.25, 0.3) is 5.91 Å². The number of aryl methyl sites for hydroxylation is 2. The van der Waals surface area contributed by atoms with E-state index in [1.165, 1.54) is 36.8 Å². The summed E-state index contributed by atoms with van der Waals surface area (Å²) in [6, 6.07) is 29.6. The molecule has 3 aliphatic rings. The molecule has 0 saturated carbocycles. The maximum atomic E-state index is 13.4. The van der Waals surface area contributed by atoms with Crippen molar-refractivity contribution in [3.05, 3.63) is 101 Å². The van der Waals surface area contributed by atoms with Crippen LogP contribution < -0.4 is 0 Å². The largest absolute Gasteiger partial charge is 0.339 e. The van der Waals surface area contributed by atoms with Gasteiger partial charge >= 0.3 is 0 Å². The van der Waals surface area contributed by atoms with Gasteiger partial charge in [-0.1, -0.05) is 60.7 Å². The molecule has 4 heterocycles. The lowest BCUT2D eigenvalue weighted by Gasteiger charge is -2.45. The van der Waals surface area contributed by atoms with Crippen molar-refractivity contribution < 1.29 is 4.79 Å². The zero-order chi connectivity index (χ0) is 28.0. The number of aromatic nitrogens is 2. The first-order valence-electron chi connectivity index (χ1n) is 15.6. The molecule has 0 aliphatic carbocycles. The van der Waals surface area contributed by atoms with Crippen molar-refractivity contribution >= 4 is 16.9 Å². The summed E-state index contributed by atoms with van der Waals surface area (Å²) >= 11 is 0. The summed E-state index contributed by atoms with van der Waals surface area (Å²) < 4.78 is 2.53. The molecule has 0 N–H and O–H groups in total. The number of amides is 1. The Bertz CT molecular complexity index is 1520. The number of rotatable bonds is 6. The van der Waals surface area contributed by atoms with Crippen molar-refractivity contribution in [3.63, 3.8) is 0 Å². The molecule has 3 fully saturated rings. The van der Waals surface area contributed by atoms with Crippen molar-refractivity contribution in [1.29, 1.82) is 0 Å². The number of nitrogens with zero attached hydrogens (tertiary/aromatic N) is 4. The number of benzene rings is 3. The van der Waals surface area contributed by atoms with E-state index < -0.39 is 0 Å². The fraction of sp³-hybridized carbons (Fsp3) is 0.444. The Morgan fingerprint density at radius 2 is 1.49 bits per heavy atom. The van der Waals surface area contributed by atoms with Crippen LogP contribution in [-0.4, -0.2) is 57.0 Å². The lowest BCUT2D eigenvalue weighted by Crippen LogP contribution is -2.49. The Morgan fingerprint density at radius 3 is 2.22 bits per heavy atom. The third kappa shape index (κ3) is 4.78. The molecule has 212 valence electrons. The monoisotopic (exact) mass is 546 g/mol. The number of carbonyl (C=O) groups excluding carboxylic acids is 1. The summed E-state index contributed by atoms with van der Waals surface area (Å²) in [4.78, 5) is 23.2. The number of imidazole rings is 1. The SMILES string of the molecule is Cc1ccccc1C(=O)N1CCC(CCN2[C@@H]3CC[C@H]2CC(n2c(C)nc4ccccc42)C3)(c2ccccc2)CC1. The Hall–Kier alpha value is -3.44. The van der Waals surface area contributed by atoms with Crippen LogP contribution in [0.3, 0.4) is 0 Å². The molecule has 3 aliphatic heterocycles. The second kappa shape index (κ2) is 10.8. The molecule has 1 amide bonds. The molecule has 2 bridgehead atoms. The number of piperidine rings is 2. The quantitative estimate of drug-likeness (QED) is 0.259. The van der Waals surface area contributed by atoms with Gasteiger partial charge in [0, 0.05) is 36.8 Å². The van der Waals surface area contributed by atoms with E-state index in [0.29, 0.717) is 18.1 Å². The molecule has 41 heavy (non-hydrogen) atoms. The Labute approximate surface area is 244 Å². The minimum atomic E-state index is 0.122. The summed E-state index contributed by atoms with van der Waals surface area (Å²) in [6.45, 7) is 7.01. The smallest absolute Gasteiger partial charge is 0.254 e. The first-order chi connectivity index (χ1) is 20.0. The lowest BCUT2D eigenvalue weighted by atomic mass is 9.70. The fourth-order valence-corrected chi connectivity index (χ4v) is 8.39. The van der Waals surface area contributed by atoms with Gasteiger partial charge in [-0.25, -0.2) is 4.98 Å². The average molecular weight is 547 g/mol. The molecule has 3 aromatic carbocycles. The van der Waals surface area contributed by atoms with Crippen molar-refractivity contribution in [3.8, 4) is 0 Å². The maximum absolute atomic E-state index is 13.4. The van der Waals surface area contributed by atoms with Crippen LogP contribution in [0.15, 0.2) is 78.9 Å². The molecule has 7 rings (SSSR count). The molecule has 1 unspecified atom stereocenters. The van der Waals surface area contributed by atoms with Gasteiger partial charge in [-0.2, -0.15) is 0 Å². The highest BCUT2D eigenvalue weighted by molar-refractivity contribution is 5.95. The molecule has 3 atom stereocenters. The summed E-state index contributed by atoms with van der Waals surface area (Å²) in [5.74, 6) is 1.34. The first-order valence-corrected chi connectivity index (χ1v) is 15.6. The first kappa shape index (κ1) is 26.5. The molecule has 0 radical (unpaired) electrons. The van der Waals surface area contributed by atoms with Crippen LogP contribution in [0.5, 0.6) is 0 Å². The van der Waals surface area contributed by atoms with E-state index in [2.05, 4.69) is 75.9 Å². The van der Waals surface area contributed by atoms with Gasteiger partial charge in [-0.05, 0) is 100 Å². The van der Waals surface area contributed by atoms with E-state index in [9.17, 15) is 4.79 Å². The number of carbonyl (C=O) groups is 1. The molecular formula is C36H42N4O. The second-order valence-electron chi connectivity index (χ2n) is 12.8. The third-order valence-electron chi connectivity index (χ3n) is 10.6. The van der Waals surface area contributed by atoms with Crippen molar-refractivity contribution in [2.75, 3.05) is 19.6 Å². The normalized spacial score (nSPS) is 24.1. The minimum Gasteiger partial charge on any atom is -0.339 e. The molecule has 5 heteroatoms. The van der Waals surface area contributed by atoms with Gasteiger partial charge in [-0.15, -0.1) is 0 Å². The lowest BCUT2D eigenvalue weighted by molar-refractivity contribution is 0.0606. The van der Waals surface area contributed by atoms with E-state index in [1.807, 2.05) is 31.2 Å². The van der Waals surface area contributed by atoms with Gasteiger partial charge < -0.3 is 9.47 Å². The van der Waals surface area contributed by atoms with E-state index in [-0.39, 0.29) is 11.3 Å². The third-order valence-corrected chi connectivity index (χ3v) is 10.6. The highest BCUT2D eigenvalue weighted by atomic mass is 16.2. The van der Waals surface area contributed by atoms with Gasteiger partial charge in [0.2, 0.25) is 0 Å². The predicted molar refractivity (Wildman–Crippen MR) is 165 cm³/mol. The van der Waals surface area contributed by atoms with E-state index in [4.69, 9.17) is 4.98 Å². The summed E-state index contributed by atoms with van der Waals surface area (Å²) in [7, 11) is 0. The Balaban J connectivity index is 1.07. The molecule has 1 aromatic heterocycles. The minimum absolute atomic E-state index is 0.122. The Kier molecular flexibility index (Phi) is 6.94. The number of hydrogen-bond donors (Lipinski definition) is 0. The molecule has 4 aromatic rings. The molecule has 5 nitrogen and oxygen atoms in total. The summed E-state index contributed by atoms with van der Waals surface area (Å²) in [6.07, 6.45) is 8.27. The van der Waals surface area contributed by atoms with Gasteiger partial charge in [0.05, 0.1) is 11.0 Å². The zero-order valence-electron chi connectivity index (χ0n) is 24.5. The van der Waals surface area contributed by atoms with Crippen molar-refractivity contribution in [1.82, 2.24) is 19.4 Å². The van der Waals surface area contributed by atoms with Crippen LogP contribution in [0.2, 0.25) is 0 Å². The average Bonchev–Trinajstić information content (AvgIpc) is 3.47. The zero-order valence-corrected chi connectivity index (χ0v) is 24.5. The van der Waals surface area contributed by atoms with Crippen LogP contribution in [0.4, 0.5) is 0 Å². The fourth-order valence-electron chi connectivity index (χ4n) is 8.39. The van der Waals surface area contributed by atoms with E-state index in [1.54, 1.807) is 0 Å². The van der Waals surface area contributed by atoms with Crippen molar-refractivity contribution in [2.45, 2.75) is 82.3 Å². The van der Waals surface area contributed by atoms with Crippen LogP contribution in [0, 0.1) is 13.8 Å². The van der Waals surface area contributed by atoms with E-state index in [0.717, 1.165) is 61.4 Å². The molecular weight excluding hydrogens is 504 g/mol. The predicted octanol–water partition coefficient (Wildman–Crippen LogP) is 7.09. The molecule has 3 saturated heterocycles. The number of fused-ring (bicyclic) bond motifs is 3. The number of likely N-dealkylation sites (tertiary alicyclic amines) is 1. The molecule has 0 spiro atoms. The van der Waals surface area contributed by atoms with Gasteiger partial charge in [0.15, 0.2) is 0 Å². The van der Waals surface area contributed by atoms with Crippen LogP contribution in [0.25, 0.3) is 11.0 Å². The highest BCUT2D eigenvalue weighted by Crippen LogP contribution is 2.45. The van der Waals surface area contributed by atoms with Crippen LogP contribution >= 0.6 is 0 Å². The maximum Gasteiger partial charge on any atom is 0.254 e. The number of para-hydroxylation sites is 2.